The van der Waals surface area contributed by atoms with E-state index in [0.29, 0.717) is 13.0 Å². The van der Waals surface area contributed by atoms with Crippen LogP contribution in [0.2, 0.25) is 0 Å². The van der Waals surface area contributed by atoms with Gasteiger partial charge in [0.2, 0.25) is 5.91 Å². The smallest absolute Gasteiger partial charge is 0.241 e. The molecule has 1 aromatic carbocycles. The van der Waals surface area contributed by atoms with Gasteiger partial charge in [-0.25, -0.2) is 0 Å². The first-order valence-corrected chi connectivity index (χ1v) is 9.63. The Morgan fingerprint density at radius 3 is 2.46 bits per heavy atom. The first-order chi connectivity index (χ1) is 12.8. The number of rotatable bonds is 5. The van der Waals surface area contributed by atoms with Crippen LogP contribution in [0.5, 0.6) is 0 Å². The van der Waals surface area contributed by atoms with Gasteiger partial charge in [-0.3, -0.25) is 19.7 Å². The molecule has 1 amide bonds. The number of aromatic nitrogens is 2. The Kier molecular flexibility index (Phi) is 4.98. The van der Waals surface area contributed by atoms with Crippen LogP contribution in [-0.2, 0) is 24.1 Å². The Bertz CT molecular complexity index is 731. The van der Waals surface area contributed by atoms with Crippen molar-refractivity contribution in [3.05, 3.63) is 59.7 Å². The molecule has 0 atom stereocenters. The van der Waals surface area contributed by atoms with Crippen molar-refractivity contribution in [1.82, 2.24) is 20.2 Å². The van der Waals surface area contributed by atoms with Gasteiger partial charge in [0.05, 0.1) is 5.69 Å². The van der Waals surface area contributed by atoms with Gasteiger partial charge in [0.25, 0.3) is 0 Å². The number of benzene rings is 1. The number of fused-ring (bicyclic) bond motifs is 1. The van der Waals surface area contributed by atoms with Gasteiger partial charge in [0, 0.05) is 44.4 Å². The zero-order valence-corrected chi connectivity index (χ0v) is 15.2. The van der Waals surface area contributed by atoms with Crippen molar-refractivity contribution in [3.63, 3.8) is 0 Å². The molecule has 2 aromatic rings. The van der Waals surface area contributed by atoms with Crippen LogP contribution in [0.15, 0.2) is 42.9 Å². The van der Waals surface area contributed by atoms with Crippen LogP contribution >= 0.6 is 0 Å². The standard InChI is InChI=1S/C21H26N4O/c26-20(24-9-8-19-16-22-10-11-23-19)21(25-12-4-1-5-13-25)14-17-6-2-3-7-18(17)15-21/h2-3,6-7,10-11,16H,1,4-5,8-9,12-15H2,(H,24,26). The summed E-state index contributed by atoms with van der Waals surface area (Å²) in [5.74, 6) is 0.166. The molecule has 5 nitrogen and oxygen atoms in total. The van der Waals surface area contributed by atoms with E-state index in [1.807, 2.05) is 0 Å². The molecule has 1 N–H and O–H groups in total. The van der Waals surface area contributed by atoms with Gasteiger partial charge in [0.1, 0.15) is 5.54 Å². The SMILES string of the molecule is O=C(NCCc1cnccn1)C1(N2CCCCC2)Cc2ccccc2C1. The zero-order chi connectivity index (χ0) is 17.8. The maximum absolute atomic E-state index is 13.3. The molecule has 4 rings (SSSR count). The molecular weight excluding hydrogens is 324 g/mol. The number of nitrogens with one attached hydrogen (secondary N) is 1. The highest BCUT2D eigenvalue weighted by Crippen LogP contribution is 2.36. The van der Waals surface area contributed by atoms with E-state index in [-0.39, 0.29) is 5.91 Å². The van der Waals surface area contributed by atoms with E-state index in [9.17, 15) is 4.79 Å². The molecule has 0 radical (unpaired) electrons. The van der Waals surface area contributed by atoms with E-state index in [0.717, 1.165) is 31.6 Å². The Hall–Kier alpha value is -2.27. The lowest BCUT2D eigenvalue weighted by Crippen LogP contribution is -2.61. The molecule has 1 saturated heterocycles. The first-order valence-electron chi connectivity index (χ1n) is 9.63. The van der Waals surface area contributed by atoms with E-state index < -0.39 is 5.54 Å². The van der Waals surface area contributed by atoms with Crippen molar-refractivity contribution in [2.45, 2.75) is 44.1 Å². The molecule has 0 saturated carbocycles. The van der Waals surface area contributed by atoms with Crippen molar-refractivity contribution in [2.24, 2.45) is 0 Å². The molecule has 0 spiro atoms. The van der Waals surface area contributed by atoms with E-state index >= 15 is 0 Å². The fraction of sp³-hybridized carbons (Fsp3) is 0.476. The fourth-order valence-corrected chi connectivity index (χ4v) is 4.37. The third-order valence-electron chi connectivity index (χ3n) is 5.75. The van der Waals surface area contributed by atoms with Crippen LogP contribution in [0, 0.1) is 0 Å². The van der Waals surface area contributed by atoms with Crippen molar-refractivity contribution in [2.75, 3.05) is 19.6 Å². The molecule has 2 aliphatic rings. The van der Waals surface area contributed by atoms with E-state index in [1.165, 1.54) is 30.4 Å². The second kappa shape index (κ2) is 7.54. The number of hydrogen-bond donors (Lipinski definition) is 1. The summed E-state index contributed by atoms with van der Waals surface area (Å²) in [6, 6.07) is 8.51. The molecule has 1 aliphatic heterocycles. The Morgan fingerprint density at radius 1 is 1.08 bits per heavy atom. The third kappa shape index (κ3) is 3.36. The number of carbonyl (C=O) groups is 1. The fourth-order valence-electron chi connectivity index (χ4n) is 4.37. The van der Waals surface area contributed by atoms with Gasteiger partial charge in [-0.15, -0.1) is 0 Å². The van der Waals surface area contributed by atoms with Crippen LogP contribution in [0.4, 0.5) is 0 Å². The van der Waals surface area contributed by atoms with Gasteiger partial charge in [-0.05, 0) is 37.1 Å². The number of piperidine rings is 1. The van der Waals surface area contributed by atoms with Crippen molar-refractivity contribution in [1.29, 1.82) is 0 Å². The number of nitrogens with zero attached hydrogens (tertiary/aromatic N) is 3. The predicted octanol–water partition coefficient (Wildman–Crippen LogP) is 2.16. The third-order valence-corrected chi connectivity index (χ3v) is 5.75. The van der Waals surface area contributed by atoms with Crippen LogP contribution < -0.4 is 5.32 Å². The van der Waals surface area contributed by atoms with E-state index in [4.69, 9.17) is 0 Å². The summed E-state index contributed by atoms with van der Waals surface area (Å²) in [5, 5.41) is 3.20. The second-order valence-electron chi connectivity index (χ2n) is 7.40. The lowest BCUT2D eigenvalue weighted by atomic mass is 9.89. The maximum Gasteiger partial charge on any atom is 0.241 e. The lowest BCUT2D eigenvalue weighted by molar-refractivity contribution is -0.134. The lowest BCUT2D eigenvalue weighted by Gasteiger charge is -2.42. The average molecular weight is 350 g/mol. The summed E-state index contributed by atoms with van der Waals surface area (Å²) in [4.78, 5) is 24.2. The molecule has 0 bridgehead atoms. The van der Waals surface area contributed by atoms with E-state index in [1.54, 1.807) is 18.6 Å². The summed E-state index contributed by atoms with van der Waals surface area (Å²) < 4.78 is 0. The number of amides is 1. The van der Waals surface area contributed by atoms with E-state index in [2.05, 4.69) is 44.5 Å². The molecule has 2 heterocycles. The second-order valence-corrected chi connectivity index (χ2v) is 7.40. The van der Waals surface area contributed by atoms with Gasteiger partial charge >= 0.3 is 0 Å². The quantitative estimate of drug-likeness (QED) is 0.898. The zero-order valence-electron chi connectivity index (χ0n) is 15.2. The molecule has 1 aliphatic carbocycles. The van der Waals surface area contributed by atoms with Crippen LogP contribution in [0.1, 0.15) is 36.1 Å². The number of carbonyl (C=O) groups excluding carboxylic acids is 1. The minimum Gasteiger partial charge on any atom is -0.354 e. The number of hydrogen-bond acceptors (Lipinski definition) is 4. The summed E-state index contributed by atoms with van der Waals surface area (Å²) >= 11 is 0. The Balaban J connectivity index is 1.49. The molecular formula is C21H26N4O. The van der Waals surface area contributed by atoms with Gasteiger partial charge in [-0.2, -0.15) is 0 Å². The molecule has 5 heteroatoms. The Labute approximate surface area is 154 Å². The largest absolute Gasteiger partial charge is 0.354 e. The minimum atomic E-state index is -0.424. The maximum atomic E-state index is 13.3. The van der Waals surface area contributed by atoms with Crippen LogP contribution in [-0.4, -0.2) is 45.9 Å². The summed E-state index contributed by atoms with van der Waals surface area (Å²) in [6.07, 6.45) is 11.1. The minimum absolute atomic E-state index is 0.166. The van der Waals surface area contributed by atoms with Gasteiger partial charge < -0.3 is 5.32 Å². The normalized spacial score (nSPS) is 19.1. The van der Waals surface area contributed by atoms with Crippen LogP contribution in [0.25, 0.3) is 0 Å². The van der Waals surface area contributed by atoms with Crippen molar-refractivity contribution >= 4 is 5.91 Å². The highest BCUT2D eigenvalue weighted by Gasteiger charge is 2.48. The van der Waals surface area contributed by atoms with Gasteiger partial charge in [-0.1, -0.05) is 30.7 Å². The number of likely N-dealkylation sites (tertiary alicyclic amines) is 1. The van der Waals surface area contributed by atoms with Crippen molar-refractivity contribution < 1.29 is 4.79 Å². The topological polar surface area (TPSA) is 58.1 Å². The summed E-state index contributed by atoms with van der Waals surface area (Å²) in [5.41, 5.74) is 3.13. The first kappa shape index (κ1) is 17.2. The molecule has 26 heavy (non-hydrogen) atoms. The predicted molar refractivity (Wildman–Crippen MR) is 101 cm³/mol. The summed E-state index contributed by atoms with van der Waals surface area (Å²) in [7, 11) is 0. The summed E-state index contributed by atoms with van der Waals surface area (Å²) in [6.45, 7) is 2.64. The van der Waals surface area contributed by atoms with Gasteiger partial charge in [0.15, 0.2) is 0 Å². The molecule has 1 fully saturated rings. The van der Waals surface area contributed by atoms with Crippen molar-refractivity contribution in [3.8, 4) is 0 Å². The molecule has 0 unspecified atom stereocenters. The molecule has 1 aromatic heterocycles. The highest BCUT2D eigenvalue weighted by atomic mass is 16.2. The molecule has 136 valence electrons. The Morgan fingerprint density at radius 2 is 1.81 bits per heavy atom. The highest BCUT2D eigenvalue weighted by molar-refractivity contribution is 5.88. The average Bonchev–Trinajstić information content (AvgIpc) is 3.10. The van der Waals surface area contributed by atoms with Crippen LogP contribution in [0.3, 0.4) is 0 Å². The monoisotopic (exact) mass is 350 g/mol.